The van der Waals surface area contributed by atoms with Crippen molar-refractivity contribution in [2.45, 2.75) is 39.7 Å². The smallest absolute Gasteiger partial charge is 0.282 e. The monoisotopic (exact) mass is 309 g/mol. The fraction of sp³-hybridized carbons (Fsp3) is 1.00. The number of ether oxygens (including phenoxy) is 1. The highest BCUT2D eigenvalue weighted by molar-refractivity contribution is 7.86. The Morgan fingerprint density at radius 2 is 1.85 bits per heavy atom. The fourth-order valence-corrected chi connectivity index (χ4v) is 3.40. The Morgan fingerprint density at radius 1 is 1.20 bits per heavy atom. The predicted molar refractivity (Wildman–Crippen MR) is 83.0 cm³/mol. The zero-order chi connectivity index (χ0) is 15.6. The van der Waals surface area contributed by atoms with Crippen LogP contribution in [-0.4, -0.2) is 70.0 Å². The van der Waals surface area contributed by atoms with Gasteiger partial charge in [-0.15, -0.1) is 0 Å². The van der Waals surface area contributed by atoms with E-state index in [1.54, 1.807) is 14.2 Å². The average Bonchev–Trinajstić information content (AvgIpc) is 2.38. The second-order valence-electron chi connectivity index (χ2n) is 5.13. The van der Waals surface area contributed by atoms with Crippen molar-refractivity contribution < 1.29 is 13.2 Å². The first kappa shape index (κ1) is 19.8. The van der Waals surface area contributed by atoms with Crippen LogP contribution >= 0.6 is 0 Å². The summed E-state index contributed by atoms with van der Waals surface area (Å²) < 4.78 is 32.8. The summed E-state index contributed by atoms with van der Waals surface area (Å²) in [5.41, 5.74) is 0. The van der Waals surface area contributed by atoms with Crippen LogP contribution in [0.5, 0.6) is 0 Å². The van der Waals surface area contributed by atoms with Gasteiger partial charge < -0.3 is 10.1 Å². The molecule has 0 fully saturated rings. The minimum Gasteiger partial charge on any atom is -0.383 e. The van der Waals surface area contributed by atoms with Crippen LogP contribution in [0.25, 0.3) is 0 Å². The first-order valence-electron chi connectivity index (χ1n) is 7.30. The molecular formula is C13H31N3O3S. The molecule has 0 unspecified atom stereocenters. The molecule has 0 heterocycles. The van der Waals surface area contributed by atoms with Crippen molar-refractivity contribution in [2.24, 2.45) is 0 Å². The maximum absolute atomic E-state index is 12.5. The first-order valence-corrected chi connectivity index (χ1v) is 8.70. The van der Waals surface area contributed by atoms with E-state index in [-0.39, 0.29) is 6.04 Å². The van der Waals surface area contributed by atoms with E-state index < -0.39 is 10.2 Å². The van der Waals surface area contributed by atoms with E-state index in [0.717, 1.165) is 25.9 Å². The lowest BCUT2D eigenvalue weighted by Gasteiger charge is -2.30. The molecule has 0 bridgehead atoms. The van der Waals surface area contributed by atoms with Crippen molar-refractivity contribution in [3.8, 4) is 0 Å². The van der Waals surface area contributed by atoms with Gasteiger partial charge in [0, 0.05) is 33.3 Å². The van der Waals surface area contributed by atoms with E-state index in [9.17, 15) is 8.42 Å². The third-order valence-electron chi connectivity index (χ3n) is 3.04. The molecule has 7 heteroatoms. The van der Waals surface area contributed by atoms with Gasteiger partial charge in [0.15, 0.2) is 0 Å². The highest BCUT2D eigenvalue weighted by Crippen LogP contribution is 2.11. The maximum Gasteiger partial charge on any atom is 0.282 e. The topological polar surface area (TPSA) is 61.9 Å². The van der Waals surface area contributed by atoms with Crippen molar-refractivity contribution in [1.29, 1.82) is 0 Å². The molecule has 1 N–H and O–H groups in total. The quantitative estimate of drug-likeness (QED) is 0.544. The van der Waals surface area contributed by atoms with Crippen LogP contribution in [0.2, 0.25) is 0 Å². The van der Waals surface area contributed by atoms with Crippen LogP contribution in [-0.2, 0) is 14.9 Å². The highest BCUT2D eigenvalue weighted by Gasteiger charge is 2.28. The molecule has 0 aromatic heterocycles. The van der Waals surface area contributed by atoms with Crippen LogP contribution in [0.3, 0.4) is 0 Å². The molecule has 0 amide bonds. The van der Waals surface area contributed by atoms with Gasteiger partial charge in [0.1, 0.15) is 0 Å². The van der Waals surface area contributed by atoms with Crippen LogP contribution < -0.4 is 5.32 Å². The van der Waals surface area contributed by atoms with Gasteiger partial charge >= 0.3 is 0 Å². The minimum absolute atomic E-state index is 0.0733. The van der Waals surface area contributed by atoms with Crippen molar-refractivity contribution in [1.82, 2.24) is 13.9 Å². The van der Waals surface area contributed by atoms with E-state index in [1.165, 1.54) is 8.61 Å². The van der Waals surface area contributed by atoms with Crippen molar-refractivity contribution in [2.75, 3.05) is 46.9 Å². The predicted octanol–water partition coefficient (Wildman–Crippen LogP) is 0.910. The zero-order valence-corrected chi connectivity index (χ0v) is 14.4. The van der Waals surface area contributed by atoms with E-state index >= 15 is 0 Å². The number of rotatable bonds is 12. The van der Waals surface area contributed by atoms with Gasteiger partial charge in [0.05, 0.1) is 6.61 Å². The minimum atomic E-state index is -3.41. The summed E-state index contributed by atoms with van der Waals surface area (Å²) in [6.45, 7) is 9.00. The third-order valence-corrected chi connectivity index (χ3v) is 5.20. The Balaban J connectivity index is 4.41. The lowest BCUT2D eigenvalue weighted by Crippen LogP contribution is -2.47. The number of methoxy groups -OCH3 is 1. The first-order chi connectivity index (χ1) is 9.37. The Labute approximate surface area is 124 Å². The van der Waals surface area contributed by atoms with Gasteiger partial charge in [0.25, 0.3) is 10.2 Å². The molecule has 20 heavy (non-hydrogen) atoms. The van der Waals surface area contributed by atoms with Gasteiger partial charge in [0.2, 0.25) is 0 Å². The normalized spacial score (nSPS) is 12.8. The third kappa shape index (κ3) is 6.99. The van der Waals surface area contributed by atoms with Gasteiger partial charge in [-0.25, -0.2) is 0 Å². The van der Waals surface area contributed by atoms with Crippen LogP contribution in [0.4, 0.5) is 0 Å². The Morgan fingerprint density at radius 3 is 2.35 bits per heavy atom. The Kier molecular flexibility index (Phi) is 10.4. The van der Waals surface area contributed by atoms with E-state index in [4.69, 9.17) is 4.74 Å². The fourth-order valence-electron chi connectivity index (χ4n) is 1.84. The summed E-state index contributed by atoms with van der Waals surface area (Å²) in [5.74, 6) is 0. The molecule has 0 radical (unpaired) electrons. The molecule has 0 spiro atoms. The summed E-state index contributed by atoms with van der Waals surface area (Å²) >= 11 is 0. The standard InChI is InChI=1S/C13H31N3O3S/c1-6-8-14-9-7-10-15(4)20(17,18)16(13(2)3)11-12-19-5/h13-14H,6-12H2,1-5H3. The molecule has 0 saturated carbocycles. The molecule has 0 aliphatic heterocycles. The summed E-state index contributed by atoms with van der Waals surface area (Å²) in [5, 5.41) is 3.27. The summed E-state index contributed by atoms with van der Waals surface area (Å²) in [6, 6.07) is -0.0733. The number of hydrogen-bond donors (Lipinski definition) is 1. The Hall–Kier alpha value is -0.210. The maximum atomic E-state index is 12.5. The number of nitrogens with zero attached hydrogens (tertiary/aromatic N) is 2. The molecule has 0 rings (SSSR count). The van der Waals surface area contributed by atoms with Crippen molar-refractivity contribution >= 4 is 10.2 Å². The van der Waals surface area contributed by atoms with Crippen LogP contribution in [0.15, 0.2) is 0 Å². The van der Waals surface area contributed by atoms with Gasteiger partial charge in [-0.1, -0.05) is 6.92 Å². The molecule has 122 valence electrons. The van der Waals surface area contributed by atoms with Gasteiger partial charge in [-0.3, -0.25) is 0 Å². The lowest BCUT2D eigenvalue weighted by atomic mass is 10.4. The summed E-state index contributed by atoms with van der Waals surface area (Å²) in [6.07, 6.45) is 1.90. The molecule has 6 nitrogen and oxygen atoms in total. The largest absolute Gasteiger partial charge is 0.383 e. The molecule has 0 aromatic carbocycles. The average molecular weight is 309 g/mol. The molecule has 0 aromatic rings. The van der Waals surface area contributed by atoms with Crippen molar-refractivity contribution in [3.05, 3.63) is 0 Å². The highest BCUT2D eigenvalue weighted by atomic mass is 32.2. The van der Waals surface area contributed by atoms with Crippen molar-refractivity contribution in [3.63, 3.8) is 0 Å². The molecule has 0 atom stereocenters. The Bertz CT molecular complexity index is 334. The number of nitrogens with one attached hydrogen (secondary N) is 1. The summed E-state index contributed by atoms with van der Waals surface area (Å²) in [7, 11) is -0.193. The van der Waals surface area contributed by atoms with Gasteiger partial charge in [-0.05, 0) is 39.8 Å². The SMILES string of the molecule is CCCNCCCN(C)S(=O)(=O)N(CCOC)C(C)C. The second kappa shape index (κ2) is 10.5. The number of hydrogen-bond acceptors (Lipinski definition) is 4. The molecule has 0 saturated heterocycles. The zero-order valence-electron chi connectivity index (χ0n) is 13.6. The lowest BCUT2D eigenvalue weighted by molar-refractivity contribution is 0.167. The second-order valence-corrected chi connectivity index (χ2v) is 7.12. The molecule has 0 aliphatic carbocycles. The van der Waals surface area contributed by atoms with E-state index in [0.29, 0.717) is 19.7 Å². The van der Waals surface area contributed by atoms with E-state index in [2.05, 4.69) is 12.2 Å². The summed E-state index contributed by atoms with van der Waals surface area (Å²) in [4.78, 5) is 0. The van der Waals surface area contributed by atoms with Crippen LogP contribution in [0.1, 0.15) is 33.6 Å². The molecular weight excluding hydrogens is 278 g/mol. The van der Waals surface area contributed by atoms with Gasteiger partial charge in [-0.2, -0.15) is 17.0 Å². The molecule has 0 aliphatic rings. The van der Waals surface area contributed by atoms with E-state index in [1.807, 2.05) is 13.8 Å². The van der Waals surface area contributed by atoms with Crippen LogP contribution in [0, 0.1) is 0 Å².